The highest BCUT2D eigenvalue weighted by molar-refractivity contribution is 5.76. The van der Waals surface area contributed by atoms with Crippen LogP contribution < -0.4 is 5.32 Å². The van der Waals surface area contributed by atoms with Gasteiger partial charge in [0, 0.05) is 6.42 Å². The van der Waals surface area contributed by atoms with Gasteiger partial charge >= 0.3 is 0 Å². The Morgan fingerprint density at radius 2 is 0.873 bits per heavy atom. The Labute approximate surface area is 435 Å². The van der Waals surface area contributed by atoms with Crippen LogP contribution in [0.5, 0.6) is 0 Å². The van der Waals surface area contributed by atoms with Crippen LogP contribution in [0.2, 0.25) is 0 Å². The molecule has 0 aromatic rings. The summed E-state index contributed by atoms with van der Waals surface area (Å²) in [7, 11) is 0. The van der Waals surface area contributed by atoms with Gasteiger partial charge in [-0.25, -0.2) is 0 Å². The van der Waals surface area contributed by atoms with Gasteiger partial charge in [0.15, 0.2) is 6.29 Å². The predicted octanol–water partition coefficient (Wildman–Crippen LogP) is 14.6. The maximum atomic E-state index is 13.1. The molecule has 9 heteroatoms. The third kappa shape index (κ3) is 40.4. The van der Waals surface area contributed by atoms with Crippen molar-refractivity contribution in [2.24, 2.45) is 0 Å². The number of aliphatic hydroxyl groups excluding tert-OH is 5. The fraction of sp³-hybridized carbons (Fsp3) is 0.758. The Hall–Kier alpha value is -2.63. The van der Waals surface area contributed by atoms with E-state index in [0.717, 1.165) is 96.3 Å². The Bertz CT molecular complexity index is 1390. The number of unbranched alkanes of at least 4 members (excludes halogenated alkanes) is 25. The van der Waals surface area contributed by atoms with Gasteiger partial charge in [-0.15, -0.1) is 0 Å². The molecule has 6 N–H and O–H groups in total. The zero-order valence-electron chi connectivity index (χ0n) is 45.5. The quantitative estimate of drug-likeness (QED) is 0.0261. The summed E-state index contributed by atoms with van der Waals surface area (Å²) in [4.78, 5) is 13.1. The first-order valence-corrected chi connectivity index (χ1v) is 29.3. The third-order valence-electron chi connectivity index (χ3n) is 13.5. The van der Waals surface area contributed by atoms with Gasteiger partial charge in [0.1, 0.15) is 24.4 Å². The smallest absolute Gasteiger partial charge is 0.220 e. The van der Waals surface area contributed by atoms with Crippen LogP contribution in [0.15, 0.2) is 85.1 Å². The highest BCUT2D eigenvalue weighted by Gasteiger charge is 2.44. The molecule has 1 rings (SSSR count). The van der Waals surface area contributed by atoms with Gasteiger partial charge in [0.05, 0.1) is 25.4 Å². The topological polar surface area (TPSA) is 149 Å². The summed E-state index contributed by atoms with van der Waals surface area (Å²) in [5.74, 6) is -0.157. The minimum atomic E-state index is -1.56. The first-order chi connectivity index (χ1) is 34.8. The van der Waals surface area contributed by atoms with Gasteiger partial charge < -0.3 is 40.3 Å². The summed E-state index contributed by atoms with van der Waals surface area (Å²) in [5.41, 5.74) is 0. The molecular formula is C62H109NO8. The van der Waals surface area contributed by atoms with E-state index in [1.807, 2.05) is 0 Å². The molecule has 0 aromatic carbocycles. The average molecular weight is 997 g/mol. The van der Waals surface area contributed by atoms with Crippen LogP contribution in [0.1, 0.15) is 245 Å². The van der Waals surface area contributed by atoms with Crippen molar-refractivity contribution in [1.82, 2.24) is 5.32 Å². The van der Waals surface area contributed by atoms with Gasteiger partial charge in [-0.2, -0.15) is 0 Å². The molecule has 1 heterocycles. The Morgan fingerprint density at radius 1 is 0.493 bits per heavy atom. The minimum absolute atomic E-state index is 0.146. The summed E-state index contributed by atoms with van der Waals surface area (Å²) < 4.78 is 11.3. The van der Waals surface area contributed by atoms with E-state index in [4.69, 9.17) is 9.47 Å². The number of rotatable bonds is 49. The molecule has 7 atom stereocenters. The number of hydrogen-bond acceptors (Lipinski definition) is 8. The second-order valence-electron chi connectivity index (χ2n) is 20.1. The van der Waals surface area contributed by atoms with E-state index in [2.05, 4.69) is 104 Å². The summed E-state index contributed by atoms with van der Waals surface area (Å²) >= 11 is 0. The van der Waals surface area contributed by atoms with Gasteiger partial charge in [-0.1, -0.05) is 253 Å². The molecule has 0 radical (unpaired) electrons. The SMILES string of the molecule is CC/C=C\C/C=C\C/C=C\C/C=C\C/C=C\C/C=C\C/C=C\CCCCCCCCCC(=O)NC(COC1OC(CO)C(O)C(O)C1O)C(O)CCCCCCCCCCCCCCCCCCCCC. The zero-order valence-corrected chi connectivity index (χ0v) is 45.5. The van der Waals surface area contributed by atoms with Crippen LogP contribution in [0, 0.1) is 0 Å². The summed E-state index contributed by atoms with van der Waals surface area (Å²) in [6, 6.07) is -0.731. The van der Waals surface area contributed by atoms with E-state index in [-0.39, 0.29) is 12.5 Å². The number of amides is 1. The van der Waals surface area contributed by atoms with E-state index in [9.17, 15) is 30.3 Å². The molecule has 0 spiro atoms. The lowest BCUT2D eigenvalue weighted by atomic mass is 9.99. The summed E-state index contributed by atoms with van der Waals surface area (Å²) in [6.07, 6.45) is 64.6. The molecule has 1 saturated heterocycles. The van der Waals surface area contributed by atoms with Crippen LogP contribution in [0.25, 0.3) is 0 Å². The third-order valence-corrected chi connectivity index (χ3v) is 13.5. The number of hydrogen-bond donors (Lipinski definition) is 6. The monoisotopic (exact) mass is 996 g/mol. The summed E-state index contributed by atoms with van der Waals surface area (Å²) in [5, 5.41) is 54.7. The number of carbonyl (C=O) groups excluding carboxylic acids is 1. The molecule has 1 fully saturated rings. The van der Waals surface area contributed by atoms with Crippen LogP contribution in [-0.2, 0) is 14.3 Å². The van der Waals surface area contributed by atoms with E-state index < -0.39 is 49.5 Å². The fourth-order valence-electron chi connectivity index (χ4n) is 8.91. The second-order valence-corrected chi connectivity index (χ2v) is 20.1. The number of aliphatic hydroxyl groups is 5. The highest BCUT2D eigenvalue weighted by atomic mass is 16.7. The molecule has 0 aliphatic carbocycles. The molecular weight excluding hydrogens is 887 g/mol. The van der Waals surface area contributed by atoms with Gasteiger partial charge in [0.25, 0.3) is 0 Å². The first-order valence-electron chi connectivity index (χ1n) is 29.3. The van der Waals surface area contributed by atoms with Crippen molar-refractivity contribution in [1.29, 1.82) is 0 Å². The van der Waals surface area contributed by atoms with Crippen LogP contribution >= 0.6 is 0 Å². The van der Waals surface area contributed by atoms with E-state index >= 15 is 0 Å². The Morgan fingerprint density at radius 3 is 1.30 bits per heavy atom. The molecule has 1 aliphatic rings. The summed E-state index contributed by atoms with van der Waals surface area (Å²) in [6.45, 7) is 3.73. The number of nitrogens with one attached hydrogen (secondary N) is 1. The molecule has 1 amide bonds. The van der Waals surface area contributed by atoms with Crippen molar-refractivity contribution in [3.63, 3.8) is 0 Å². The van der Waals surface area contributed by atoms with Crippen LogP contribution in [0.4, 0.5) is 0 Å². The first kappa shape index (κ1) is 66.4. The second kappa shape index (κ2) is 50.9. The molecule has 71 heavy (non-hydrogen) atoms. The van der Waals surface area contributed by atoms with Crippen LogP contribution in [0.3, 0.4) is 0 Å². The molecule has 0 saturated carbocycles. The fourth-order valence-corrected chi connectivity index (χ4v) is 8.91. The molecule has 7 unspecified atom stereocenters. The highest BCUT2D eigenvalue weighted by Crippen LogP contribution is 2.23. The van der Waals surface area contributed by atoms with E-state index in [1.165, 1.54) is 122 Å². The molecule has 0 bridgehead atoms. The van der Waals surface area contributed by atoms with E-state index in [0.29, 0.717) is 12.8 Å². The Kier molecular flexibility index (Phi) is 47.6. The lowest BCUT2D eigenvalue weighted by Gasteiger charge is -2.40. The van der Waals surface area contributed by atoms with Gasteiger partial charge in [-0.05, 0) is 70.6 Å². The maximum Gasteiger partial charge on any atom is 0.220 e. The van der Waals surface area contributed by atoms with Gasteiger partial charge in [-0.3, -0.25) is 4.79 Å². The van der Waals surface area contributed by atoms with Crippen molar-refractivity contribution in [2.45, 2.75) is 288 Å². The molecule has 1 aliphatic heterocycles. The standard InChI is InChI=1S/C62H109NO8/c1-3-5-7-9-11-13-15-17-19-21-23-24-25-26-27-28-29-30-31-32-34-36-38-40-42-44-46-48-50-52-58(66)63-55(54-70-62-61(69)60(68)59(67)57(53-64)71-62)56(65)51-49-47-45-43-41-39-37-35-33-22-20-18-16-14-12-10-8-6-4-2/h5,7,11,13,17,19,23-24,26-27,29-30,32,34,55-57,59-62,64-65,67-69H,3-4,6,8-10,12,14-16,18,20-22,25,28,31,33,35-54H2,1-2H3,(H,63,66)/b7-5-,13-11-,19-17-,24-23-,27-26-,30-29-,34-32-. The van der Waals surface area contributed by atoms with Crippen molar-refractivity contribution < 1.29 is 39.8 Å². The Balaban J connectivity index is 2.23. The minimum Gasteiger partial charge on any atom is -0.394 e. The van der Waals surface area contributed by atoms with Crippen molar-refractivity contribution in [2.75, 3.05) is 13.2 Å². The molecule has 9 nitrogen and oxygen atoms in total. The zero-order chi connectivity index (χ0) is 51.5. The van der Waals surface area contributed by atoms with Crippen LogP contribution in [-0.4, -0.2) is 87.5 Å². The van der Waals surface area contributed by atoms with Crippen molar-refractivity contribution in [3.8, 4) is 0 Å². The van der Waals surface area contributed by atoms with E-state index in [1.54, 1.807) is 0 Å². The lowest BCUT2D eigenvalue weighted by molar-refractivity contribution is -0.302. The maximum absolute atomic E-state index is 13.1. The van der Waals surface area contributed by atoms with Crippen molar-refractivity contribution >= 4 is 5.91 Å². The lowest BCUT2D eigenvalue weighted by Crippen LogP contribution is -2.60. The molecule has 0 aromatic heterocycles. The van der Waals surface area contributed by atoms with Gasteiger partial charge in [0.2, 0.25) is 5.91 Å². The van der Waals surface area contributed by atoms with Crippen molar-refractivity contribution in [3.05, 3.63) is 85.1 Å². The number of carbonyl (C=O) groups is 1. The number of allylic oxidation sites excluding steroid dienone is 14. The average Bonchev–Trinajstić information content (AvgIpc) is 3.37. The predicted molar refractivity (Wildman–Crippen MR) is 299 cm³/mol. The molecule has 410 valence electrons. The largest absolute Gasteiger partial charge is 0.394 e. The normalized spacial score (nSPS) is 19.9. The number of ether oxygens (including phenoxy) is 2.